The minimum absolute atomic E-state index is 0.145. The highest BCUT2D eigenvalue weighted by Gasteiger charge is 2.51. The van der Waals surface area contributed by atoms with E-state index in [1.807, 2.05) is 10.8 Å². The van der Waals surface area contributed by atoms with E-state index in [0.717, 1.165) is 11.5 Å². The largest absolute Gasteiger partial charge is 0.324 e. The van der Waals surface area contributed by atoms with Crippen molar-refractivity contribution in [2.75, 3.05) is 6.54 Å². The molecule has 3 heterocycles. The van der Waals surface area contributed by atoms with Crippen LogP contribution in [0.3, 0.4) is 0 Å². The van der Waals surface area contributed by atoms with Gasteiger partial charge >= 0.3 is 0 Å². The molecule has 4 rings (SSSR count). The minimum atomic E-state index is -0.294. The smallest absolute Gasteiger partial charge is 0.294 e. The van der Waals surface area contributed by atoms with Crippen molar-refractivity contribution < 1.29 is 9.18 Å². The Labute approximate surface area is 150 Å². The molecule has 134 valence electrons. The van der Waals surface area contributed by atoms with E-state index >= 15 is 0 Å². The summed E-state index contributed by atoms with van der Waals surface area (Å²) >= 11 is 0. The number of rotatable bonds is 3. The molecule has 8 heteroatoms. The quantitative estimate of drug-likeness (QED) is 0.724. The van der Waals surface area contributed by atoms with E-state index in [2.05, 4.69) is 28.9 Å². The molecule has 0 bridgehead atoms. The van der Waals surface area contributed by atoms with Gasteiger partial charge in [-0.2, -0.15) is 0 Å². The Morgan fingerprint density at radius 3 is 2.58 bits per heavy atom. The first-order valence-corrected chi connectivity index (χ1v) is 8.32. The van der Waals surface area contributed by atoms with Crippen LogP contribution in [-0.4, -0.2) is 41.7 Å². The summed E-state index contributed by atoms with van der Waals surface area (Å²) in [6.07, 6.45) is 5.01. The van der Waals surface area contributed by atoms with Crippen LogP contribution in [0.2, 0.25) is 0 Å². The SMILES string of the molecule is Cn1cnc(C(=O)N2CC(C)(C)C2c2nccn2-c2ccc(F)cc2)n1. The third-order valence-corrected chi connectivity index (χ3v) is 4.70. The molecule has 0 saturated carbocycles. The number of amides is 1. The van der Waals surface area contributed by atoms with Crippen molar-refractivity contribution in [3.8, 4) is 5.69 Å². The van der Waals surface area contributed by atoms with Gasteiger partial charge in [0, 0.05) is 37.1 Å². The summed E-state index contributed by atoms with van der Waals surface area (Å²) in [5.74, 6) is 0.394. The molecule has 0 aliphatic carbocycles. The second kappa shape index (κ2) is 5.76. The molecular formula is C18H19FN6O. The van der Waals surface area contributed by atoms with Gasteiger partial charge in [0.1, 0.15) is 18.0 Å². The van der Waals surface area contributed by atoms with Gasteiger partial charge in [-0.05, 0) is 24.3 Å². The van der Waals surface area contributed by atoms with Gasteiger partial charge in [0.2, 0.25) is 5.82 Å². The number of benzene rings is 1. The van der Waals surface area contributed by atoms with Crippen molar-refractivity contribution in [2.24, 2.45) is 12.5 Å². The van der Waals surface area contributed by atoms with Gasteiger partial charge in [0.15, 0.2) is 0 Å². The van der Waals surface area contributed by atoms with Gasteiger partial charge < -0.3 is 9.47 Å². The van der Waals surface area contributed by atoms with Gasteiger partial charge in [-0.1, -0.05) is 13.8 Å². The van der Waals surface area contributed by atoms with E-state index in [1.54, 1.807) is 30.3 Å². The zero-order chi connectivity index (χ0) is 18.5. The Morgan fingerprint density at radius 2 is 1.96 bits per heavy atom. The number of likely N-dealkylation sites (tertiary alicyclic amines) is 1. The first-order chi connectivity index (χ1) is 12.4. The second-order valence-electron chi connectivity index (χ2n) is 7.20. The van der Waals surface area contributed by atoms with Gasteiger partial charge in [0.25, 0.3) is 5.91 Å². The Kier molecular flexibility index (Phi) is 3.64. The molecule has 3 aromatic rings. The van der Waals surface area contributed by atoms with Crippen molar-refractivity contribution >= 4 is 5.91 Å². The fourth-order valence-electron chi connectivity index (χ4n) is 3.51. The maximum absolute atomic E-state index is 13.3. The van der Waals surface area contributed by atoms with E-state index in [4.69, 9.17) is 0 Å². The zero-order valence-corrected chi connectivity index (χ0v) is 14.8. The monoisotopic (exact) mass is 354 g/mol. The number of imidazole rings is 1. The number of hydrogen-bond donors (Lipinski definition) is 0. The van der Waals surface area contributed by atoms with Crippen LogP contribution in [0, 0.1) is 11.2 Å². The van der Waals surface area contributed by atoms with Crippen LogP contribution >= 0.6 is 0 Å². The summed E-state index contributed by atoms with van der Waals surface area (Å²) < 4.78 is 16.6. The lowest BCUT2D eigenvalue weighted by Crippen LogP contribution is -2.58. The maximum atomic E-state index is 13.3. The third-order valence-electron chi connectivity index (χ3n) is 4.70. The lowest BCUT2D eigenvalue weighted by molar-refractivity contribution is -0.0377. The highest BCUT2D eigenvalue weighted by atomic mass is 19.1. The van der Waals surface area contributed by atoms with E-state index in [9.17, 15) is 9.18 Å². The maximum Gasteiger partial charge on any atom is 0.294 e. The summed E-state index contributed by atoms with van der Waals surface area (Å²) in [6.45, 7) is 4.78. The number of nitrogens with zero attached hydrogens (tertiary/aromatic N) is 6. The molecule has 1 fully saturated rings. The molecule has 1 amide bonds. The lowest BCUT2D eigenvalue weighted by atomic mass is 9.74. The summed E-state index contributed by atoms with van der Waals surface area (Å²) in [5, 5.41) is 4.11. The van der Waals surface area contributed by atoms with Crippen LogP contribution in [0.4, 0.5) is 4.39 Å². The molecule has 1 aliphatic rings. The van der Waals surface area contributed by atoms with Crippen LogP contribution in [0.5, 0.6) is 0 Å². The van der Waals surface area contributed by atoms with E-state index in [1.165, 1.54) is 23.1 Å². The highest BCUT2D eigenvalue weighted by molar-refractivity contribution is 5.91. The van der Waals surface area contributed by atoms with Crippen LogP contribution in [-0.2, 0) is 7.05 Å². The van der Waals surface area contributed by atoms with E-state index < -0.39 is 0 Å². The molecule has 1 aromatic carbocycles. The zero-order valence-electron chi connectivity index (χ0n) is 14.8. The number of aryl methyl sites for hydroxylation is 1. The van der Waals surface area contributed by atoms with Crippen LogP contribution in [0.15, 0.2) is 43.0 Å². The van der Waals surface area contributed by atoms with Gasteiger partial charge in [-0.3, -0.25) is 9.48 Å². The third kappa shape index (κ3) is 2.58. The average Bonchev–Trinajstić information content (AvgIpc) is 3.22. The topological polar surface area (TPSA) is 68.8 Å². The number of hydrogen-bond acceptors (Lipinski definition) is 4. The number of aromatic nitrogens is 5. The fraction of sp³-hybridized carbons (Fsp3) is 0.333. The molecule has 1 atom stereocenters. The minimum Gasteiger partial charge on any atom is -0.324 e. The molecular weight excluding hydrogens is 335 g/mol. The highest BCUT2D eigenvalue weighted by Crippen LogP contribution is 2.48. The van der Waals surface area contributed by atoms with Gasteiger partial charge in [-0.25, -0.2) is 14.4 Å². The summed E-state index contributed by atoms with van der Waals surface area (Å²) in [5.41, 5.74) is 0.651. The Balaban J connectivity index is 1.70. The Bertz CT molecular complexity index is 958. The molecule has 2 aromatic heterocycles. The average molecular weight is 354 g/mol. The fourth-order valence-corrected chi connectivity index (χ4v) is 3.51. The first-order valence-electron chi connectivity index (χ1n) is 8.32. The van der Waals surface area contributed by atoms with Gasteiger partial charge in [0.05, 0.1) is 6.04 Å². The van der Waals surface area contributed by atoms with Crippen LogP contribution < -0.4 is 0 Å². The Morgan fingerprint density at radius 1 is 1.23 bits per heavy atom. The second-order valence-corrected chi connectivity index (χ2v) is 7.20. The molecule has 0 radical (unpaired) electrons. The van der Waals surface area contributed by atoms with Crippen molar-refractivity contribution in [3.63, 3.8) is 0 Å². The molecule has 0 N–H and O–H groups in total. The summed E-state index contributed by atoms with van der Waals surface area (Å²) in [6, 6.07) is 5.98. The number of carbonyl (C=O) groups excluding carboxylic acids is 1. The molecule has 0 spiro atoms. The lowest BCUT2D eigenvalue weighted by Gasteiger charge is -2.53. The number of halogens is 1. The summed E-state index contributed by atoms with van der Waals surface area (Å²) in [4.78, 5) is 23.1. The van der Waals surface area contributed by atoms with Crippen molar-refractivity contribution in [3.05, 3.63) is 60.5 Å². The van der Waals surface area contributed by atoms with Crippen LogP contribution in [0.1, 0.15) is 36.3 Å². The molecule has 7 nitrogen and oxygen atoms in total. The molecule has 1 aliphatic heterocycles. The van der Waals surface area contributed by atoms with Crippen molar-refractivity contribution in [2.45, 2.75) is 19.9 Å². The summed E-state index contributed by atoms with van der Waals surface area (Å²) in [7, 11) is 1.72. The van der Waals surface area contributed by atoms with E-state index in [0.29, 0.717) is 6.54 Å². The standard InChI is InChI=1S/C18H19FN6O/c1-18(2)10-25(17(26)15-21-11-23(3)22-15)14(18)16-20-8-9-24(16)13-6-4-12(19)5-7-13/h4-9,11,14H,10H2,1-3H3. The van der Waals surface area contributed by atoms with Crippen LogP contribution in [0.25, 0.3) is 5.69 Å². The first kappa shape index (κ1) is 16.4. The molecule has 26 heavy (non-hydrogen) atoms. The predicted octanol–water partition coefficient (Wildman–Crippen LogP) is 2.36. The molecule has 1 unspecified atom stereocenters. The van der Waals surface area contributed by atoms with Crippen molar-refractivity contribution in [1.82, 2.24) is 29.2 Å². The van der Waals surface area contributed by atoms with Gasteiger partial charge in [-0.15, -0.1) is 5.10 Å². The van der Waals surface area contributed by atoms with E-state index in [-0.39, 0.29) is 29.0 Å². The van der Waals surface area contributed by atoms with Crippen molar-refractivity contribution in [1.29, 1.82) is 0 Å². The Hall–Kier alpha value is -3.03. The predicted molar refractivity (Wildman–Crippen MR) is 92.1 cm³/mol. The number of carbonyl (C=O) groups is 1. The molecule has 1 saturated heterocycles. The normalized spacial score (nSPS) is 18.6.